The molecule has 7 heteroatoms. The number of nitrogens with zero attached hydrogens (tertiary/aromatic N) is 1. The summed E-state index contributed by atoms with van der Waals surface area (Å²) in [7, 11) is 0. The lowest BCUT2D eigenvalue weighted by atomic mass is 10.1. The second kappa shape index (κ2) is 7.66. The highest BCUT2D eigenvalue weighted by Crippen LogP contribution is 2.32. The van der Waals surface area contributed by atoms with Crippen molar-refractivity contribution in [1.29, 1.82) is 0 Å². The highest BCUT2D eigenvalue weighted by Gasteiger charge is 2.16. The van der Waals surface area contributed by atoms with E-state index in [1.807, 2.05) is 38.1 Å². The monoisotopic (exact) mass is 412 g/mol. The Morgan fingerprint density at radius 1 is 1.21 bits per heavy atom. The fraction of sp³-hybridized carbons (Fsp3) is 0.143. The molecule has 1 N–H and O–H groups in total. The molecule has 0 saturated carbocycles. The first-order valence-electron chi connectivity index (χ1n) is 8.74. The quantitative estimate of drug-likeness (QED) is 0.425. The van der Waals surface area contributed by atoms with Gasteiger partial charge in [0, 0.05) is 20.8 Å². The van der Waals surface area contributed by atoms with Crippen LogP contribution in [-0.2, 0) is 0 Å². The summed E-state index contributed by atoms with van der Waals surface area (Å²) in [6.45, 7) is 4.55. The summed E-state index contributed by atoms with van der Waals surface area (Å²) in [5.41, 5.74) is 2.41. The number of rotatable bonds is 5. The standard InChI is InChI=1S/C21H17ClN2O3S/c1-3-26-16-7-4-13(5-8-16)19-12(2)28-21(23-19)24-20(25)18-11-14-10-15(22)6-9-17(14)27-18/h4-11H,3H2,1-2H3,(H,23,24,25). The topological polar surface area (TPSA) is 64.4 Å². The van der Waals surface area contributed by atoms with E-state index in [1.165, 1.54) is 11.3 Å². The molecule has 0 aliphatic heterocycles. The third kappa shape index (κ3) is 3.74. The number of amides is 1. The molecule has 28 heavy (non-hydrogen) atoms. The van der Waals surface area contributed by atoms with Crippen LogP contribution in [0.5, 0.6) is 5.75 Å². The average Bonchev–Trinajstić information content (AvgIpc) is 3.25. The van der Waals surface area contributed by atoms with E-state index in [-0.39, 0.29) is 11.7 Å². The molecular formula is C21H17ClN2O3S. The molecule has 0 atom stereocenters. The number of benzene rings is 2. The van der Waals surface area contributed by atoms with Crippen molar-refractivity contribution in [2.24, 2.45) is 0 Å². The molecule has 2 heterocycles. The molecule has 2 aromatic carbocycles. The summed E-state index contributed by atoms with van der Waals surface area (Å²) in [5.74, 6) is 0.685. The van der Waals surface area contributed by atoms with E-state index in [0.29, 0.717) is 22.3 Å². The Hall–Kier alpha value is -2.83. The number of carbonyl (C=O) groups excluding carboxylic acids is 1. The van der Waals surface area contributed by atoms with Gasteiger partial charge in [-0.3, -0.25) is 10.1 Å². The Bertz CT molecular complexity index is 1150. The van der Waals surface area contributed by atoms with Gasteiger partial charge < -0.3 is 9.15 Å². The SMILES string of the molecule is CCOc1ccc(-c2nc(NC(=O)c3cc4cc(Cl)ccc4o3)sc2C)cc1. The summed E-state index contributed by atoms with van der Waals surface area (Å²) in [6.07, 6.45) is 0. The summed E-state index contributed by atoms with van der Waals surface area (Å²) in [6, 6.07) is 14.6. The van der Waals surface area contributed by atoms with E-state index in [0.717, 1.165) is 27.3 Å². The molecule has 4 aromatic rings. The second-order valence-electron chi connectivity index (χ2n) is 6.13. The number of carbonyl (C=O) groups is 1. The average molecular weight is 413 g/mol. The molecule has 0 radical (unpaired) electrons. The molecule has 0 bridgehead atoms. The van der Waals surface area contributed by atoms with Crippen LogP contribution < -0.4 is 10.1 Å². The number of nitrogens with one attached hydrogen (secondary N) is 1. The van der Waals surface area contributed by atoms with E-state index in [2.05, 4.69) is 10.3 Å². The number of aryl methyl sites for hydroxylation is 1. The maximum absolute atomic E-state index is 12.6. The molecule has 0 fully saturated rings. The first kappa shape index (κ1) is 18.5. The van der Waals surface area contributed by atoms with E-state index < -0.39 is 0 Å². The van der Waals surface area contributed by atoms with Gasteiger partial charge in [-0.1, -0.05) is 11.6 Å². The van der Waals surface area contributed by atoms with Crippen molar-refractivity contribution >= 4 is 44.9 Å². The highest BCUT2D eigenvalue weighted by molar-refractivity contribution is 7.16. The maximum Gasteiger partial charge on any atom is 0.293 e. The Balaban J connectivity index is 1.54. The van der Waals surface area contributed by atoms with Crippen molar-refractivity contribution in [1.82, 2.24) is 4.98 Å². The van der Waals surface area contributed by atoms with Gasteiger partial charge in [0.25, 0.3) is 5.91 Å². The van der Waals surface area contributed by atoms with Crippen LogP contribution >= 0.6 is 22.9 Å². The summed E-state index contributed by atoms with van der Waals surface area (Å²) in [5, 5.41) is 4.71. The Kier molecular flexibility index (Phi) is 5.07. The summed E-state index contributed by atoms with van der Waals surface area (Å²) in [4.78, 5) is 18.1. The van der Waals surface area contributed by atoms with E-state index >= 15 is 0 Å². The highest BCUT2D eigenvalue weighted by atomic mass is 35.5. The molecule has 0 aliphatic rings. The minimum Gasteiger partial charge on any atom is -0.494 e. The minimum atomic E-state index is -0.348. The molecule has 0 spiro atoms. The largest absolute Gasteiger partial charge is 0.494 e. The Morgan fingerprint density at radius 2 is 2.00 bits per heavy atom. The van der Waals surface area contributed by atoms with Crippen molar-refractivity contribution < 1.29 is 13.9 Å². The first-order valence-corrected chi connectivity index (χ1v) is 9.94. The van der Waals surface area contributed by atoms with Crippen LogP contribution in [-0.4, -0.2) is 17.5 Å². The number of furan rings is 1. The van der Waals surface area contributed by atoms with Gasteiger partial charge in [0.2, 0.25) is 0 Å². The lowest BCUT2D eigenvalue weighted by Gasteiger charge is -2.04. The van der Waals surface area contributed by atoms with Gasteiger partial charge in [0.1, 0.15) is 11.3 Å². The van der Waals surface area contributed by atoms with Crippen LogP contribution in [0.2, 0.25) is 5.02 Å². The number of ether oxygens (including phenoxy) is 1. The molecule has 5 nitrogen and oxygen atoms in total. The molecule has 0 saturated heterocycles. The normalized spacial score (nSPS) is 11.0. The van der Waals surface area contributed by atoms with Crippen LogP contribution in [0.25, 0.3) is 22.2 Å². The van der Waals surface area contributed by atoms with E-state index in [4.69, 9.17) is 20.8 Å². The molecule has 142 valence electrons. The number of aromatic nitrogens is 1. The van der Waals surface area contributed by atoms with Gasteiger partial charge in [0.15, 0.2) is 10.9 Å². The Labute approximate surface area is 170 Å². The lowest BCUT2D eigenvalue weighted by molar-refractivity contribution is 0.0998. The molecule has 0 unspecified atom stereocenters. The van der Waals surface area contributed by atoms with Crippen LogP contribution in [0.1, 0.15) is 22.4 Å². The molecule has 1 amide bonds. The predicted molar refractivity (Wildman–Crippen MR) is 113 cm³/mol. The number of fused-ring (bicyclic) bond motifs is 1. The molecule has 0 aliphatic carbocycles. The third-order valence-corrected chi connectivity index (χ3v) is 5.28. The zero-order valence-corrected chi connectivity index (χ0v) is 16.9. The maximum atomic E-state index is 12.6. The minimum absolute atomic E-state index is 0.215. The Morgan fingerprint density at radius 3 is 2.75 bits per heavy atom. The van der Waals surface area contributed by atoms with Gasteiger partial charge in [-0.2, -0.15) is 0 Å². The summed E-state index contributed by atoms with van der Waals surface area (Å²) >= 11 is 7.40. The predicted octanol–water partition coefficient (Wildman–Crippen LogP) is 6.17. The zero-order chi connectivity index (χ0) is 19.7. The third-order valence-electron chi connectivity index (χ3n) is 4.16. The fourth-order valence-electron chi connectivity index (χ4n) is 2.88. The van der Waals surface area contributed by atoms with Gasteiger partial charge in [-0.25, -0.2) is 4.98 Å². The second-order valence-corrected chi connectivity index (χ2v) is 7.77. The number of anilines is 1. The van der Waals surface area contributed by atoms with Gasteiger partial charge >= 0.3 is 0 Å². The van der Waals surface area contributed by atoms with Gasteiger partial charge in [-0.05, 0) is 62.4 Å². The van der Waals surface area contributed by atoms with Crippen molar-refractivity contribution in [3.63, 3.8) is 0 Å². The van der Waals surface area contributed by atoms with Crippen molar-refractivity contribution in [2.45, 2.75) is 13.8 Å². The smallest absolute Gasteiger partial charge is 0.293 e. The fourth-order valence-corrected chi connectivity index (χ4v) is 3.89. The van der Waals surface area contributed by atoms with E-state index in [1.54, 1.807) is 24.3 Å². The molecular weight excluding hydrogens is 396 g/mol. The van der Waals surface area contributed by atoms with Crippen LogP contribution in [0.15, 0.2) is 52.9 Å². The van der Waals surface area contributed by atoms with Crippen molar-refractivity contribution in [3.05, 3.63) is 64.2 Å². The molecule has 4 rings (SSSR count). The van der Waals surface area contributed by atoms with E-state index in [9.17, 15) is 4.79 Å². The number of hydrogen-bond donors (Lipinski definition) is 1. The van der Waals surface area contributed by atoms with Gasteiger partial charge in [0.05, 0.1) is 12.3 Å². The van der Waals surface area contributed by atoms with Gasteiger partial charge in [-0.15, -0.1) is 11.3 Å². The van der Waals surface area contributed by atoms with Crippen LogP contribution in [0.4, 0.5) is 5.13 Å². The number of halogens is 1. The zero-order valence-electron chi connectivity index (χ0n) is 15.3. The number of thiazole rings is 1. The lowest BCUT2D eigenvalue weighted by Crippen LogP contribution is -2.10. The number of hydrogen-bond acceptors (Lipinski definition) is 5. The van der Waals surface area contributed by atoms with Crippen LogP contribution in [0.3, 0.4) is 0 Å². The summed E-state index contributed by atoms with van der Waals surface area (Å²) < 4.78 is 11.1. The van der Waals surface area contributed by atoms with Crippen LogP contribution in [0, 0.1) is 6.92 Å². The van der Waals surface area contributed by atoms with Crippen molar-refractivity contribution in [3.8, 4) is 17.0 Å². The first-order chi connectivity index (χ1) is 13.5. The molecule has 2 aromatic heterocycles. The van der Waals surface area contributed by atoms with Crippen molar-refractivity contribution in [2.75, 3.05) is 11.9 Å².